The fourth-order valence-electron chi connectivity index (χ4n) is 7.01. The summed E-state index contributed by atoms with van der Waals surface area (Å²) in [5, 5.41) is 0. The number of allylic oxidation sites excluding steroid dienone is 6. The SMILES string of the molecule is C=C/C=C(\C=C/C)c1c2nc(c(-c3ccc(C=O)cc3)c3ccc([nH]3)c(-c3ccccc3)c(C=C)nc(C)c(-c3ccccc3)c3ccc1[nH]3)CC=C2.[Pt]. The van der Waals surface area contributed by atoms with Crippen LogP contribution in [0, 0.1) is 6.92 Å². The molecule has 6 aromatic rings. The number of nitrogens with one attached hydrogen (secondary N) is 2. The van der Waals surface area contributed by atoms with Crippen molar-refractivity contribution in [3.63, 3.8) is 0 Å². The Bertz CT molecular complexity index is 2590. The molecule has 6 bridgehead atoms. The predicted octanol–water partition coefficient (Wildman–Crippen LogP) is 12.2. The molecule has 0 unspecified atom stereocenters. The van der Waals surface area contributed by atoms with Crippen molar-refractivity contribution >= 4 is 46.1 Å². The quantitative estimate of drug-likeness (QED) is 0.118. The number of nitrogens with zero attached hydrogens (tertiary/aromatic N) is 2. The largest absolute Gasteiger partial charge is 0.354 e. The van der Waals surface area contributed by atoms with E-state index in [-0.39, 0.29) is 21.1 Å². The zero-order chi connectivity index (χ0) is 36.7. The van der Waals surface area contributed by atoms with Crippen LogP contribution in [-0.2, 0) is 27.5 Å². The van der Waals surface area contributed by atoms with E-state index in [9.17, 15) is 4.79 Å². The van der Waals surface area contributed by atoms with Crippen LogP contribution in [-0.4, -0.2) is 26.2 Å². The van der Waals surface area contributed by atoms with E-state index in [0.717, 1.165) is 95.6 Å². The van der Waals surface area contributed by atoms with Gasteiger partial charge >= 0.3 is 0 Å². The summed E-state index contributed by atoms with van der Waals surface area (Å²) >= 11 is 0. The van der Waals surface area contributed by atoms with E-state index in [0.29, 0.717) is 12.0 Å². The van der Waals surface area contributed by atoms with Gasteiger partial charge in [-0.15, -0.1) is 0 Å². The zero-order valence-corrected chi connectivity index (χ0v) is 32.5. The second kappa shape index (κ2) is 17.1. The van der Waals surface area contributed by atoms with E-state index in [1.807, 2.05) is 85.8 Å². The van der Waals surface area contributed by atoms with Crippen molar-refractivity contribution in [1.82, 2.24) is 19.9 Å². The first-order chi connectivity index (χ1) is 26.0. The van der Waals surface area contributed by atoms with E-state index in [1.165, 1.54) is 0 Å². The summed E-state index contributed by atoms with van der Waals surface area (Å²) in [4.78, 5) is 30.0. The molecule has 1 aliphatic heterocycles. The molecule has 4 heterocycles. The first-order valence-electron chi connectivity index (χ1n) is 17.7. The van der Waals surface area contributed by atoms with E-state index >= 15 is 0 Å². The van der Waals surface area contributed by atoms with Crippen LogP contribution in [0.2, 0.25) is 0 Å². The van der Waals surface area contributed by atoms with Crippen molar-refractivity contribution in [3.05, 3.63) is 187 Å². The number of hydrogen-bond acceptors (Lipinski definition) is 3. The standard InChI is InChI=1S/C48H40N4O.Pt/c1-5-15-34(16-6-2)47-39-21-14-22-40(50-39)48(37-25-23-33(31-53)24-26-37)44-30-29-42(52-44)46(36-19-12-9-13-20-36)38(7-3)49-32(4)45(35-17-10-8-11-18-35)41-27-28-43(47)51-41;/h5-21,23-31,51-52H,1,3,22H2,2,4H3;/b16-6-,34-15+,45-32?,45-41?,46-38?,46-42?,47-39?,47-43?,48-40?,48-44?,49-32?,49-38?;. The Kier molecular flexibility index (Phi) is 11.9. The van der Waals surface area contributed by atoms with Crippen LogP contribution in [0.25, 0.3) is 73.2 Å². The summed E-state index contributed by atoms with van der Waals surface area (Å²) in [6.07, 6.45) is 15.5. The molecule has 0 radical (unpaired) electrons. The number of fused-ring (bicyclic) bond motifs is 6. The maximum Gasteiger partial charge on any atom is 0.150 e. The van der Waals surface area contributed by atoms with Crippen LogP contribution in [0.5, 0.6) is 0 Å². The van der Waals surface area contributed by atoms with Gasteiger partial charge in [-0.3, -0.25) is 14.8 Å². The van der Waals surface area contributed by atoms with Crippen molar-refractivity contribution in [1.29, 1.82) is 0 Å². The molecule has 0 saturated heterocycles. The molecule has 0 amide bonds. The van der Waals surface area contributed by atoms with Gasteiger partial charge in [0, 0.05) is 83.1 Å². The topological polar surface area (TPSA) is 74.4 Å². The minimum atomic E-state index is 0. The van der Waals surface area contributed by atoms with E-state index in [1.54, 1.807) is 6.08 Å². The van der Waals surface area contributed by atoms with Gasteiger partial charge in [0.2, 0.25) is 0 Å². The Balaban J connectivity index is 0.00000497. The summed E-state index contributed by atoms with van der Waals surface area (Å²) < 4.78 is 0. The predicted molar refractivity (Wildman–Crippen MR) is 223 cm³/mol. The van der Waals surface area contributed by atoms with E-state index in [4.69, 9.17) is 9.97 Å². The first-order valence-corrected chi connectivity index (χ1v) is 17.7. The molecule has 5 nitrogen and oxygen atoms in total. The number of hydrogen-bond donors (Lipinski definition) is 2. The third-order valence-corrected chi connectivity index (χ3v) is 9.33. The number of carbonyl (C=O) groups is 1. The van der Waals surface area contributed by atoms with Crippen LogP contribution in [0.4, 0.5) is 0 Å². The first kappa shape index (κ1) is 37.6. The summed E-state index contributed by atoms with van der Waals surface area (Å²) in [5.41, 5.74) is 15.3. The Labute approximate surface area is 330 Å². The number of benzene rings is 3. The van der Waals surface area contributed by atoms with Gasteiger partial charge in [-0.2, -0.15) is 0 Å². The van der Waals surface area contributed by atoms with Gasteiger partial charge in [-0.1, -0.05) is 128 Å². The molecule has 0 atom stereocenters. The number of aryl methyl sites for hydroxylation is 1. The number of carbonyl (C=O) groups excluding carboxylic acids is 1. The van der Waals surface area contributed by atoms with Crippen molar-refractivity contribution in [3.8, 4) is 33.4 Å². The molecule has 7 rings (SSSR count). The van der Waals surface area contributed by atoms with Crippen LogP contribution in [0.1, 0.15) is 45.6 Å². The Morgan fingerprint density at radius 2 is 1.28 bits per heavy atom. The molecule has 3 aromatic heterocycles. The molecule has 0 spiro atoms. The van der Waals surface area contributed by atoms with Crippen molar-refractivity contribution in [2.24, 2.45) is 0 Å². The van der Waals surface area contributed by atoms with Gasteiger partial charge in [0.1, 0.15) is 6.29 Å². The number of aromatic amines is 2. The fourth-order valence-corrected chi connectivity index (χ4v) is 7.01. The van der Waals surface area contributed by atoms with Gasteiger partial charge in [0.05, 0.1) is 17.1 Å². The average Bonchev–Trinajstić information content (AvgIpc) is 3.87. The van der Waals surface area contributed by atoms with Gasteiger partial charge in [0.25, 0.3) is 0 Å². The molecular formula is C48H40N4OPt. The number of aldehydes is 1. The summed E-state index contributed by atoms with van der Waals surface area (Å²) in [6, 6.07) is 36.7. The average molecular weight is 884 g/mol. The smallest absolute Gasteiger partial charge is 0.150 e. The van der Waals surface area contributed by atoms with Crippen LogP contribution < -0.4 is 0 Å². The van der Waals surface area contributed by atoms with Crippen LogP contribution in [0.15, 0.2) is 153 Å². The molecule has 1 aliphatic rings. The molecule has 0 aliphatic carbocycles. The maximum absolute atomic E-state index is 11.6. The molecule has 6 heteroatoms. The normalized spacial score (nSPS) is 11.9. The second-order valence-electron chi connectivity index (χ2n) is 12.7. The molecule has 2 N–H and O–H groups in total. The van der Waals surface area contributed by atoms with Gasteiger partial charge < -0.3 is 9.97 Å². The summed E-state index contributed by atoms with van der Waals surface area (Å²) in [6.45, 7) is 12.4. The van der Waals surface area contributed by atoms with Crippen LogP contribution in [0.3, 0.4) is 0 Å². The van der Waals surface area contributed by atoms with Gasteiger partial charge in [0.15, 0.2) is 0 Å². The third kappa shape index (κ3) is 7.64. The number of H-pyrrole nitrogens is 2. The molecule has 268 valence electrons. The van der Waals surface area contributed by atoms with Crippen molar-refractivity contribution in [2.75, 3.05) is 0 Å². The summed E-state index contributed by atoms with van der Waals surface area (Å²) in [5.74, 6) is 0. The molecule has 54 heavy (non-hydrogen) atoms. The minimum absolute atomic E-state index is 0. The number of aromatic nitrogens is 4. The second-order valence-corrected chi connectivity index (χ2v) is 12.7. The number of rotatable bonds is 8. The zero-order valence-electron chi connectivity index (χ0n) is 30.3. The Morgan fingerprint density at radius 3 is 1.89 bits per heavy atom. The van der Waals surface area contributed by atoms with Crippen molar-refractivity contribution < 1.29 is 25.9 Å². The summed E-state index contributed by atoms with van der Waals surface area (Å²) in [7, 11) is 0. The van der Waals surface area contributed by atoms with Gasteiger partial charge in [-0.25, -0.2) is 0 Å². The van der Waals surface area contributed by atoms with E-state index in [2.05, 4.69) is 96.8 Å². The molecule has 0 fully saturated rings. The molecule has 0 saturated carbocycles. The van der Waals surface area contributed by atoms with Gasteiger partial charge in [-0.05, 0) is 72.5 Å². The monoisotopic (exact) mass is 883 g/mol. The van der Waals surface area contributed by atoms with Crippen LogP contribution >= 0.6 is 0 Å². The third-order valence-electron chi connectivity index (χ3n) is 9.33. The maximum atomic E-state index is 11.6. The van der Waals surface area contributed by atoms with Crippen molar-refractivity contribution in [2.45, 2.75) is 20.3 Å². The Morgan fingerprint density at radius 1 is 0.704 bits per heavy atom. The molecule has 3 aromatic carbocycles. The Hall–Kier alpha value is -6.16. The van der Waals surface area contributed by atoms with E-state index < -0.39 is 0 Å². The molecular weight excluding hydrogens is 844 g/mol. The fraction of sp³-hybridized carbons (Fsp3) is 0.0625. The minimum Gasteiger partial charge on any atom is -0.354 e.